The van der Waals surface area contributed by atoms with E-state index in [0.29, 0.717) is 18.6 Å². The van der Waals surface area contributed by atoms with Crippen molar-refractivity contribution in [2.75, 3.05) is 14.2 Å². The molecule has 0 aliphatic heterocycles. The molecule has 32 heavy (non-hydrogen) atoms. The molecule has 2 aromatic carbocycles. The summed E-state index contributed by atoms with van der Waals surface area (Å²) in [6.07, 6.45) is 0.941. The van der Waals surface area contributed by atoms with Crippen molar-refractivity contribution in [1.29, 1.82) is 0 Å². The molecule has 0 radical (unpaired) electrons. The number of benzene rings is 2. The molecule has 1 atom stereocenters. The summed E-state index contributed by atoms with van der Waals surface area (Å²) in [4.78, 5) is 17.5. The highest BCUT2D eigenvalue weighted by Crippen LogP contribution is 2.29. The minimum atomic E-state index is -0.216. The van der Waals surface area contributed by atoms with Crippen LogP contribution in [0.5, 0.6) is 11.5 Å². The van der Waals surface area contributed by atoms with Crippen molar-refractivity contribution in [3.05, 3.63) is 65.0 Å². The van der Waals surface area contributed by atoms with Crippen LogP contribution in [0.4, 0.5) is 0 Å². The smallest absolute Gasteiger partial charge is 0.220 e. The van der Waals surface area contributed by atoms with E-state index < -0.39 is 0 Å². The van der Waals surface area contributed by atoms with Crippen LogP contribution in [0.2, 0.25) is 0 Å². The van der Waals surface area contributed by atoms with Crippen LogP contribution < -0.4 is 14.8 Å². The Hall–Kier alpha value is -3.61. The van der Waals surface area contributed by atoms with Crippen molar-refractivity contribution in [3.8, 4) is 11.5 Å². The molecule has 4 rings (SSSR count). The van der Waals surface area contributed by atoms with E-state index in [2.05, 4.69) is 5.32 Å². The minimum Gasteiger partial charge on any atom is -0.497 e. The number of aryl methyl sites for hydroxylation is 2. The fraction of sp³-hybridized carbons (Fsp3) is 0.320. The van der Waals surface area contributed by atoms with Crippen molar-refractivity contribution < 1.29 is 14.3 Å². The lowest BCUT2D eigenvalue weighted by Crippen LogP contribution is -2.27. The van der Waals surface area contributed by atoms with Crippen LogP contribution in [0.3, 0.4) is 0 Å². The zero-order valence-electron chi connectivity index (χ0n) is 19.1. The molecule has 0 fully saturated rings. The lowest BCUT2D eigenvalue weighted by Gasteiger charge is -2.18. The summed E-state index contributed by atoms with van der Waals surface area (Å²) in [6.45, 7) is 5.96. The number of hydrogen-bond acceptors (Lipinski definition) is 5. The molecule has 7 nitrogen and oxygen atoms in total. The topological polar surface area (TPSA) is 77.8 Å². The van der Waals surface area contributed by atoms with Gasteiger partial charge in [0.2, 0.25) is 5.91 Å². The number of methoxy groups -OCH3 is 2. The quantitative estimate of drug-likeness (QED) is 0.470. The van der Waals surface area contributed by atoms with Gasteiger partial charge in [-0.25, -0.2) is 9.50 Å². The predicted molar refractivity (Wildman–Crippen MR) is 124 cm³/mol. The number of amides is 1. The van der Waals surface area contributed by atoms with E-state index in [1.165, 1.54) is 0 Å². The van der Waals surface area contributed by atoms with E-state index in [0.717, 1.165) is 44.8 Å². The van der Waals surface area contributed by atoms with Gasteiger partial charge >= 0.3 is 0 Å². The second kappa shape index (κ2) is 8.86. The van der Waals surface area contributed by atoms with Gasteiger partial charge in [0, 0.05) is 28.8 Å². The van der Waals surface area contributed by atoms with E-state index in [1.807, 2.05) is 67.8 Å². The number of nitrogens with zero attached hydrogens (tertiary/aromatic N) is 3. The van der Waals surface area contributed by atoms with E-state index in [4.69, 9.17) is 19.6 Å². The van der Waals surface area contributed by atoms with Gasteiger partial charge in [-0.15, -0.1) is 0 Å². The van der Waals surface area contributed by atoms with Crippen molar-refractivity contribution in [1.82, 2.24) is 19.9 Å². The van der Waals surface area contributed by atoms with Gasteiger partial charge in [-0.2, -0.15) is 5.10 Å². The zero-order valence-corrected chi connectivity index (χ0v) is 19.1. The van der Waals surface area contributed by atoms with Gasteiger partial charge in [0.25, 0.3) is 0 Å². The number of carbonyl (C=O) groups is 1. The Morgan fingerprint density at radius 3 is 2.66 bits per heavy atom. The first-order chi connectivity index (χ1) is 15.4. The second-order valence-corrected chi connectivity index (χ2v) is 7.91. The lowest BCUT2D eigenvalue weighted by molar-refractivity contribution is -0.121. The average Bonchev–Trinajstić information content (AvgIpc) is 3.17. The third kappa shape index (κ3) is 3.98. The highest BCUT2D eigenvalue weighted by atomic mass is 16.5. The molecule has 0 saturated carbocycles. The highest BCUT2D eigenvalue weighted by molar-refractivity contribution is 5.92. The largest absolute Gasteiger partial charge is 0.497 e. The van der Waals surface area contributed by atoms with Gasteiger partial charge < -0.3 is 14.8 Å². The zero-order chi connectivity index (χ0) is 22.8. The molecule has 2 aromatic heterocycles. The summed E-state index contributed by atoms with van der Waals surface area (Å²) in [7, 11) is 3.24. The highest BCUT2D eigenvalue weighted by Gasteiger charge is 2.18. The molecule has 2 heterocycles. The molecule has 7 heteroatoms. The van der Waals surface area contributed by atoms with Crippen molar-refractivity contribution >= 4 is 22.5 Å². The minimum absolute atomic E-state index is 0.0353. The second-order valence-electron chi connectivity index (χ2n) is 7.91. The Bertz CT molecular complexity index is 1300. The Labute approximate surface area is 187 Å². The van der Waals surface area contributed by atoms with Gasteiger partial charge in [0.05, 0.1) is 25.8 Å². The molecular weight excluding hydrogens is 404 g/mol. The molecular formula is C25H28N4O3. The SMILES string of the molecule is COc1ccc(OC)c(C(C)NC(=O)CCc2c(C)nc3c4ccccc4nn3c2C)c1. The molecule has 166 valence electrons. The Kier molecular flexibility index (Phi) is 5.99. The average molecular weight is 433 g/mol. The van der Waals surface area contributed by atoms with Crippen LogP contribution in [0.25, 0.3) is 16.6 Å². The lowest BCUT2D eigenvalue weighted by atomic mass is 10.0. The van der Waals surface area contributed by atoms with Crippen LogP contribution in [-0.4, -0.2) is 34.7 Å². The summed E-state index contributed by atoms with van der Waals surface area (Å²) in [6, 6.07) is 13.3. The maximum absolute atomic E-state index is 12.8. The van der Waals surface area contributed by atoms with Crippen molar-refractivity contribution in [3.63, 3.8) is 0 Å². The summed E-state index contributed by atoms with van der Waals surface area (Å²) in [5.41, 5.74) is 5.63. The van der Waals surface area contributed by atoms with Crippen molar-refractivity contribution in [2.45, 2.75) is 39.7 Å². The summed E-state index contributed by atoms with van der Waals surface area (Å²) in [5, 5.41) is 8.80. The van der Waals surface area contributed by atoms with E-state index in [1.54, 1.807) is 14.2 Å². The first kappa shape index (κ1) is 21.6. The third-order valence-corrected chi connectivity index (χ3v) is 5.90. The summed E-state index contributed by atoms with van der Waals surface area (Å²) in [5.74, 6) is 1.40. The van der Waals surface area contributed by atoms with Crippen LogP contribution in [0, 0.1) is 13.8 Å². The van der Waals surface area contributed by atoms with Gasteiger partial charge in [-0.3, -0.25) is 4.79 Å². The van der Waals surface area contributed by atoms with E-state index in [-0.39, 0.29) is 11.9 Å². The number of carbonyl (C=O) groups excluding carboxylic acids is 1. The van der Waals surface area contributed by atoms with E-state index >= 15 is 0 Å². The summed E-state index contributed by atoms with van der Waals surface area (Å²) >= 11 is 0. The number of ether oxygens (including phenoxy) is 2. The molecule has 0 bridgehead atoms. The van der Waals surface area contributed by atoms with Gasteiger partial charge in [-0.05, 0) is 63.1 Å². The monoisotopic (exact) mass is 432 g/mol. The van der Waals surface area contributed by atoms with Crippen LogP contribution >= 0.6 is 0 Å². The van der Waals surface area contributed by atoms with Gasteiger partial charge in [-0.1, -0.05) is 12.1 Å². The van der Waals surface area contributed by atoms with E-state index in [9.17, 15) is 4.79 Å². The molecule has 4 aromatic rings. The maximum Gasteiger partial charge on any atom is 0.220 e. The number of hydrogen-bond donors (Lipinski definition) is 1. The predicted octanol–water partition coefficient (Wildman–Crippen LogP) is 4.33. The third-order valence-electron chi connectivity index (χ3n) is 5.90. The van der Waals surface area contributed by atoms with Gasteiger partial charge in [0.1, 0.15) is 11.5 Å². The first-order valence-electron chi connectivity index (χ1n) is 10.7. The number of fused-ring (bicyclic) bond motifs is 3. The normalized spacial score (nSPS) is 12.2. The van der Waals surface area contributed by atoms with Crippen LogP contribution in [0.1, 0.15) is 41.9 Å². The Morgan fingerprint density at radius 2 is 1.91 bits per heavy atom. The fourth-order valence-corrected chi connectivity index (χ4v) is 4.15. The molecule has 0 aliphatic rings. The Balaban J connectivity index is 1.51. The molecule has 0 spiro atoms. The van der Waals surface area contributed by atoms with Gasteiger partial charge in [0.15, 0.2) is 5.65 Å². The van der Waals surface area contributed by atoms with Crippen LogP contribution in [0.15, 0.2) is 42.5 Å². The number of rotatable bonds is 7. The molecule has 1 amide bonds. The standard InChI is InChI=1S/C25H28N4O3/c1-15-19(17(3)29-25(27-15)20-8-6-7-9-22(20)28-29)11-13-24(30)26-16(2)21-14-18(31-4)10-12-23(21)32-5/h6-10,12,14,16H,11,13H2,1-5H3,(H,26,30). The molecule has 0 saturated heterocycles. The molecule has 1 unspecified atom stereocenters. The number of aromatic nitrogens is 3. The Morgan fingerprint density at radius 1 is 1.12 bits per heavy atom. The number of nitrogens with one attached hydrogen (secondary N) is 1. The maximum atomic E-state index is 12.8. The summed E-state index contributed by atoms with van der Waals surface area (Å²) < 4.78 is 12.6. The van der Waals surface area contributed by atoms with Crippen molar-refractivity contribution in [2.24, 2.45) is 0 Å². The first-order valence-corrected chi connectivity index (χ1v) is 10.7. The molecule has 1 N–H and O–H groups in total. The van der Waals surface area contributed by atoms with Crippen LogP contribution in [-0.2, 0) is 11.2 Å². The molecule has 0 aliphatic carbocycles. The fourth-order valence-electron chi connectivity index (χ4n) is 4.15.